The van der Waals surface area contributed by atoms with Crippen LogP contribution >= 0.6 is 22.6 Å². The number of carbonyl (C=O) groups is 3. The SMILES string of the molecule is NC(=O)[C@H]1CCCN(C(=O)COC(=O)c2ccccc2I)C1. The van der Waals surface area contributed by atoms with E-state index in [1.165, 1.54) is 4.90 Å². The maximum absolute atomic E-state index is 12.1. The van der Waals surface area contributed by atoms with Crippen LogP contribution in [0.5, 0.6) is 0 Å². The highest BCUT2D eigenvalue weighted by Gasteiger charge is 2.27. The maximum atomic E-state index is 12.1. The summed E-state index contributed by atoms with van der Waals surface area (Å²) in [7, 11) is 0. The molecule has 0 saturated carbocycles. The third-order valence-corrected chi connectivity index (χ3v) is 4.54. The second-order valence-electron chi connectivity index (χ2n) is 5.14. The number of rotatable bonds is 4. The molecule has 6 nitrogen and oxygen atoms in total. The van der Waals surface area contributed by atoms with Crippen LogP contribution in [0.3, 0.4) is 0 Å². The molecule has 0 aliphatic carbocycles. The average molecular weight is 416 g/mol. The highest BCUT2D eigenvalue weighted by Crippen LogP contribution is 2.17. The zero-order valence-corrected chi connectivity index (χ0v) is 14.1. The van der Waals surface area contributed by atoms with Gasteiger partial charge in [0.2, 0.25) is 5.91 Å². The minimum absolute atomic E-state index is 0.300. The summed E-state index contributed by atoms with van der Waals surface area (Å²) < 4.78 is 5.84. The minimum Gasteiger partial charge on any atom is -0.452 e. The second kappa shape index (κ2) is 7.57. The number of halogens is 1. The number of ether oxygens (including phenoxy) is 1. The van der Waals surface area contributed by atoms with Crippen molar-refractivity contribution in [2.45, 2.75) is 12.8 Å². The molecule has 0 bridgehead atoms. The first kappa shape index (κ1) is 16.7. The average Bonchev–Trinajstić information content (AvgIpc) is 2.52. The van der Waals surface area contributed by atoms with E-state index < -0.39 is 11.9 Å². The molecule has 22 heavy (non-hydrogen) atoms. The van der Waals surface area contributed by atoms with Gasteiger partial charge < -0.3 is 15.4 Å². The van der Waals surface area contributed by atoms with E-state index in [2.05, 4.69) is 0 Å². The number of esters is 1. The third kappa shape index (κ3) is 4.19. The summed E-state index contributed by atoms with van der Waals surface area (Å²) in [6.07, 6.45) is 1.42. The van der Waals surface area contributed by atoms with Crippen LogP contribution in [0, 0.1) is 9.49 Å². The number of amides is 2. The van der Waals surface area contributed by atoms with Gasteiger partial charge in [0.15, 0.2) is 6.61 Å². The number of piperidine rings is 1. The number of nitrogens with zero attached hydrogens (tertiary/aromatic N) is 1. The van der Waals surface area contributed by atoms with Gasteiger partial charge in [-0.3, -0.25) is 9.59 Å². The highest BCUT2D eigenvalue weighted by atomic mass is 127. The van der Waals surface area contributed by atoms with E-state index in [1.807, 2.05) is 28.7 Å². The lowest BCUT2D eigenvalue weighted by Crippen LogP contribution is -2.45. The molecule has 2 N–H and O–H groups in total. The molecule has 2 rings (SSSR count). The third-order valence-electron chi connectivity index (χ3n) is 3.60. The number of likely N-dealkylation sites (tertiary alicyclic amines) is 1. The van der Waals surface area contributed by atoms with Gasteiger partial charge in [-0.05, 0) is 47.6 Å². The molecule has 1 aromatic carbocycles. The van der Waals surface area contributed by atoms with Crippen LogP contribution in [0.2, 0.25) is 0 Å². The summed E-state index contributed by atoms with van der Waals surface area (Å²) in [5, 5.41) is 0. The molecule has 0 spiro atoms. The standard InChI is InChI=1S/C15H17IN2O4/c16-12-6-2-1-5-11(12)15(21)22-9-13(19)18-7-3-4-10(8-18)14(17)20/h1-2,5-6,10H,3-4,7-9H2,(H2,17,20)/t10-/m0/s1. The molecular weight excluding hydrogens is 399 g/mol. The van der Waals surface area contributed by atoms with Gasteiger partial charge in [0.1, 0.15) is 0 Å². The molecule has 1 heterocycles. The van der Waals surface area contributed by atoms with Gasteiger partial charge in [0.25, 0.3) is 5.91 Å². The molecule has 2 amide bonds. The monoisotopic (exact) mass is 416 g/mol. The Kier molecular flexibility index (Phi) is 5.76. The van der Waals surface area contributed by atoms with Gasteiger partial charge >= 0.3 is 5.97 Å². The van der Waals surface area contributed by atoms with Crippen molar-refractivity contribution in [1.29, 1.82) is 0 Å². The Labute approximate surface area is 142 Å². The quantitative estimate of drug-likeness (QED) is 0.590. The Balaban J connectivity index is 1.89. The fourth-order valence-corrected chi connectivity index (χ4v) is 2.97. The molecule has 1 aliphatic heterocycles. The van der Waals surface area contributed by atoms with Crippen molar-refractivity contribution in [2.24, 2.45) is 11.7 Å². The van der Waals surface area contributed by atoms with Crippen LogP contribution < -0.4 is 5.73 Å². The van der Waals surface area contributed by atoms with Crippen LogP contribution in [0.15, 0.2) is 24.3 Å². The fourth-order valence-electron chi connectivity index (χ4n) is 2.36. The molecule has 1 aromatic rings. The van der Waals surface area contributed by atoms with Crippen molar-refractivity contribution in [1.82, 2.24) is 4.90 Å². The van der Waals surface area contributed by atoms with Gasteiger partial charge in [-0.25, -0.2) is 4.79 Å². The predicted octanol–water partition coefficient (Wildman–Crippen LogP) is 1.17. The van der Waals surface area contributed by atoms with Gasteiger partial charge in [0.05, 0.1) is 11.5 Å². The van der Waals surface area contributed by atoms with Crippen LogP contribution in [0.1, 0.15) is 23.2 Å². The smallest absolute Gasteiger partial charge is 0.339 e. The maximum Gasteiger partial charge on any atom is 0.339 e. The second-order valence-corrected chi connectivity index (χ2v) is 6.30. The van der Waals surface area contributed by atoms with Gasteiger partial charge in [0, 0.05) is 16.7 Å². The van der Waals surface area contributed by atoms with E-state index in [0.29, 0.717) is 25.1 Å². The largest absolute Gasteiger partial charge is 0.452 e. The Morgan fingerprint density at radius 2 is 2.05 bits per heavy atom. The van der Waals surface area contributed by atoms with Crippen molar-refractivity contribution < 1.29 is 19.1 Å². The van der Waals surface area contributed by atoms with E-state index in [4.69, 9.17) is 10.5 Å². The van der Waals surface area contributed by atoms with Crippen LogP contribution in [0.4, 0.5) is 0 Å². The summed E-state index contributed by atoms with van der Waals surface area (Å²) in [6.45, 7) is 0.535. The van der Waals surface area contributed by atoms with E-state index in [-0.39, 0.29) is 18.4 Å². The molecule has 1 saturated heterocycles. The van der Waals surface area contributed by atoms with Crippen molar-refractivity contribution in [2.75, 3.05) is 19.7 Å². The summed E-state index contributed by atoms with van der Waals surface area (Å²) in [4.78, 5) is 36.8. The molecule has 118 valence electrons. The first-order chi connectivity index (χ1) is 10.5. The number of hydrogen-bond donors (Lipinski definition) is 1. The summed E-state index contributed by atoms with van der Waals surface area (Å²) in [5.74, 6) is -1.54. The van der Waals surface area contributed by atoms with Crippen LogP contribution in [-0.2, 0) is 14.3 Å². The van der Waals surface area contributed by atoms with E-state index in [1.54, 1.807) is 18.2 Å². The van der Waals surface area contributed by atoms with Gasteiger partial charge in [-0.2, -0.15) is 0 Å². The van der Waals surface area contributed by atoms with E-state index in [9.17, 15) is 14.4 Å². The molecule has 7 heteroatoms. The first-order valence-corrected chi connectivity index (χ1v) is 8.05. The summed E-state index contributed by atoms with van der Waals surface area (Å²) >= 11 is 2.04. The highest BCUT2D eigenvalue weighted by molar-refractivity contribution is 14.1. The lowest BCUT2D eigenvalue weighted by atomic mass is 9.97. The van der Waals surface area contributed by atoms with Crippen molar-refractivity contribution in [3.8, 4) is 0 Å². The molecule has 0 unspecified atom stereocenters. The number of benzene rings is 1. The Hall–Kier alpha value is -1.64. The number of nitrogens with two attached hydrogens (primary N) is 1. The molecule has 1 aliphatic rings. The molecule has 1 fully saturated rings. The zero-order valence-electron chi connectivity index (χ0n) is 12.0. The Morgan fingerprint density at radius 3 is 2.73 bits per heavy atom. The molecule has 1 atom stereocenters. The molecule has 0 aromatic heterocycles. The normalized spacial score (nSPS) is 17.9. The van der Waals surface area contributed by atoms with Crippen molar-refractivity contribution in [3.05, 3.63) is 33.4 Å². The van der Waals surface area contributed by atoms with Gasteiger partial charge in [-0.15, -0.1) is 0 Å². The van der Waals surface area contributed by atoms with E-state index >= 15 is 0 Å². The zero-order chi connectivity index (χ0) is 16.1. The van der Waals surface area contributed by atoms with Crippen molar-refractivity contribution in [3.63, 3.8) is 0 Å². The fraction of sp³-hybridized carbons (Fsp3) is 0.400. The molecular formula is C15H17IN2O4. The lowest BCUT2D eigenvalue weighted by Gasteiger charge is -2.31. The number of carbonyl (C=O) groups excluding carboxylic acids is 3. The van der Waals surface area contributed by atoms with Crippen LogP contribution in [-0.4, -0.2) is 42.4 Å². The molecule has 0 radical (unpaired) electrons. The van der Waals surface area contributed by atoms with Crippen LogP contribution in [0.25, 0.3) is 0 Å². The first-order valence-electron chi connectivity index (χ1n) is 6.97. The van der Waals surface area contributed by atoms with Crippen molar-refractivity contribution >= 4 is 40.4 Å². The topological polar surface area (TPSA) is 89.7 Å². The number of hydrogen-bond acceptors (Lipinski definition) is 4. The summed E-state index contributed by atoms with van der Waals surface area (Å²) in [6, 6.07) is 7.00. The summed E-state index contributed by atoms with van der Waals surface area (Å²) in [5.41, 5.74) is 5.72. The lowest BCUT2D eigenvalue weighted by molar-refractivity contribution is -0.137. The minimum atomic E-state index is -0.526. The Bertz CT molecular complexity index is 591. The van der Waals surface area contributed by atoms with Gasteiger partial charge in [-0.1, -0.05) is 12.1 Å². The Morgan fingerprint density at radius 1 is 1.32 bits per heavy atom. The predicted molar refractivity (Wildman–Crippen MR) is 87.9 cm³/mol. The van der Waals surface area contributed by atoms with E-state index in [0.717, 1.165) is 9.99 Å². The number of primary amides is 1.